The Morgan fingerprint density at radius 2 is 1.84 bits per heavy atom. The second-order valence-electron chi connectivity index (χ2n) is 7.85. The van der Waals surface area contributed by atoms with Crippen molar-refractivity contribution < 1.29 is 19.5 Å². The van der Waals surface area contributed by atoms with Gasteiger partial charge in [0.2, 0.25) is 11.8 Å². The van der Waals surface area contributed by atoms with E-state index in [0.29, 0.717) is 25.3 Å². The summed E-state index contributed by atoms with van der Waals surface area (Å²) in [6.07, 6.45) is 7.70. The van der Waals surface area contributed by atoms with Crippen molar-refractivity contribution in [2.75, 3.05) is 19.6 Å². The number of hydrogen-bond donors (Lipinski definition) is 1. The monoisotopic (exact) mass is 352 g/mol. The first kappa shape index (κ1) is 19.7. The lowest BCUT2D eigenvalue weighted by Crippen LogP contribution is -2.43. The zero-order chi connectivity index (χ0) is 18.4. The minimum atomic E-state index is -0.987. The Bertz CT molecular complexity index is 494. The van der Waals surface area contributed by atoms with Gasteiger partial charge in [0.25, 0.3) is 0 Å². The number of aliphatic carboxylic acids is 1. The quantitative estimate of drug-likeness (QED) is 0.825. The maximum absolute atomic E-state index is 12.7. The van der Waals surface area contributed by atoms with Crippen LogP contribution in [-0.2, 0) is 14.4 Å². The van der Waals surface area contributed by atoms with E-state index in [4.69, 9.17) is 5.11 Å². The van der Waals surface area contributed by atoms with E-state index in [0.717, 1.165) is 38.1 Å². The summed E-state index contributed by atoms with van der Waals surface area (Å²) < 4.78 is 0. The number of carboxylic acid groups (broad SMARTS) is 1. The van der Waals surface area contributed by atoms with E-state index in [9.17, 15) is 14.4 Å². The lowest BCUT2D eigenvalue weighted by atomic mass is 9.80. The Balaban J connectivity index is 1.88. The molecule has 0 aromatic heterocycles. The first-order valence-corrected chi connectivity index (χ1v) is 9.63. The van der Waals surface area contributed by atoms with Gasteiger partial charge in [0.15, 0.2) is 0 Å². The molecule has 6 nitrogen and oxygen atoms in total. The third-order valence-electron chi connectivity index (χ3n) is 5.71. The van der Waals surface area contributed by atoms with Crippen LogP contribution in [0.4, 0.5) is 0 Å². The molecular weight excluding hydrogens is 320 g/mol. The van der Waals surface area contributed by atoms with Gasteiger partial charge in [0, 0.05) is 32.5 Å². The molecule has 142 valence electrons. The number of hydrogen-bond acceptors (Lipinski definition) is 3. The molecule has 0 radical (unpaired) electrons. The number of nitrogens with zero attached hydrogens (tertiary/aromatic N) is 2. The second kappa shape index (κ2) is 9.20. The van der Waals surface area contributed by atoms with Crippen LogP contribution in [0.5, 0.6) is 0 Å². The summed E-state index contributed by atoms with van der Waals surface area (Å²) in [5.74, 6) is 0.269. The Kier molecular flexibility index (Phi) is 7.26. The van der Waals surface area contributed by atoms with Gasteiger partial charge in [-0.25, -0.2) is 0 Å². The van der Waals surface area contributed by atoms with E-state index < -0.39 is 5.97 Å². The summed E-state index contributed by atoms with van der Waals surface area (Å²) in [5.41, 5.74) is 0. The van der Waals surface area contributed by atoms with Gasteiger partial charge < -0.3 is 14.9 Å². The SMILES string of the molecule is CC(=O)N(CC(=O)O)C1CCCN(C(=O)CC2CCCC(C)C2)CC1. The van der Waals surface area contributed by atoms with Crippen LogP contribution in [0, 0.1) is 11.8 Å². The molecule has 2 amide bonds. The van der Waals surface area contributed by atoms with Gasteiger partial charge >= 0.3 is 5.97 Å². The Hall–Kier alpha value is -1.59. The predicted molar refractivity (Wildman–Crippen MR) is 95.0 cm³/mol. The molecule has 0 bridgehead atoms. The van der Waals surface area contributed by atoms with E-state index in [1.807, 2.05) is 4.90 Å². The third kappa shape index (κ3) is 6.01. The fraction of sp³-hybridized carbons (Fsp3) is 0.842. The van der Waals surface area contributed by atoms with E-state index in [2.05, 4.69) is 6.92 Å². The minimum Gasteiger partial charge on any atom is -0.480 e. The highest BCUT2D eigenvalue weighted by atomic mass is 16.4. The summed E-state index contributed by atoms with van der Waals surface area (Å²) in [7, 11) is 0. The zero-order valence-electron chi connectivity index (χ0n) is 15.6. The summed E-state index contributed by atoms with van der Waals surface area (Å²) >= 11 is 0. The van der Waals surface area contributed by atoms with Crippen molar-refractivity contribution in [1.29, 1.82) is 0 Å². The second-order valence-corrected chi connectivity index (χ2v) is 7.85. The number of carbonyl (C=O) groups is 3. The molecular formula is C19H32N2O4. The number of likely N-dealkylation sites (tertiary alicyclic amines) is 1. The lowest BCUT2D eigenvalue weighted by molar-refractivity contribution is -0.145. The highest BCUT2D eigenvalue weighted by Gasteiger charge is 2.29. The third-order valence-corrected chi connectivity index (χ3v) is 5.71. The van der Waals surface area contributed by atoms with Crippen molar-refractivity contribution in [3.63, 3.8) is 0 Å². The van der Waals surface area contributed by atoms with Crippen LogP contribution in [0.15, 0.2) is 0 Å². The average molecular weight is 352 g/mol. The number of carbonyl (C=O) groups excluding carboxylic acids is 2. The van der Waals surface area contributed by atoms with Crippen molar-refractivity contribution in [3.8, 4) is 0 Å². The number of rotatable bonds is 5. The van der Waals surface area contributed by atoms with Crippen molar-refractivity contribution in [2.24, 2.45) is 11.8 Å². The van der Waals surface area contributed by atoms with Crippen LogP contribution in [-0.4, -0.2) is 58.4 Å². The van der Waals surface area contributed by atoms with E-state index >= 15 is 0 Å². The average Bonchev–Trinajstić information content (AvgIpc) is 2.78. The summed E-state index contributed by atoms with van der Waals surface area (Å²) in [5, 5.41) is 9.02. The molecule has 1 heterocycles. The lowest BCUT2D eigenvalue weighted by Gasteiger charge is -2.30. The molecule has 1 N–H and O–H groups in total. The maximum atomic E-state index is 12.7. The standard InChI is InChI=1S/C19H32N2O4/c1-14-5-3-6-16(11-14)12-18(23)20-9-4-7-17(8-10-20)21(15(2)22)13-19(24)25/h14,16-17H,3-13H2,1-2H3,(H,24,25). The molecule has 1 saturated heterocycles. The molecule has 0 spiro atoms. The van der Waals surface area contributed by atoms with Crippen LogP contribution >= 0.6 is 0 Å². The molecule has 1 saturated carbocycles. The highest BCUT2D eigenvalue weighted by molar-refractivity contribution is 5.80. The van der Waals surface area contributed by atoms with Gasteiger partial charge in [-0.2, -0.15) is 0 Å². The molecule has 1 aliphatic carbocycles. The molecule has 0 aromatic carbocycles. The minimum absolute atomic E-state index is 0.0823. The maximum Gasteiger partial charge on any atom is 0.323 e. The van der Waals surface area contributed by atoms with Crippen LogP contribution < -0.4 is 0 Å². The molecule has 2 aliphatic rings. The van der Waals surface area contributed by atoms with Gasteiger partial charge in [-0.1, -0.05) is 19.8 Å². The van der Waals surface area contributed by atoms with Crippen molar-refractivity contribution in [1.82, 2.24) is 9.80 Å². The number of carboxylic acids is 1. The normalized spacial score (nSPS) is 27.4. The highest BCUT2D eigenvalue weighted by Crippen LogP contribution is 2.31. The van der Waals surface area contributed by atoms with Crippen molar-refractivity contribution in [3.05, 3.63) is 0 Å². The molecule has 3 unspecified atom stereocenters. The molecule has 0 aromatic rings. The Morgan fingerprint density at radius 3 is 2.48 bits per heavy atom. The fourth-order valence-electron chi connectivity index (χ4n) is 4.40. The Labute approximate surface area is 150 Å². The molecule has 2 fully saturated rings. The van der Waals surface area contributed by atoms with E-state index in [1.54, 1.807) is 0 Å². The van der Waals surface area contributed by atoms with Crippen LogP contribution in [0.1, 0.15) is 65.2 Å². The van der Waals surface area contributed by atoms with Crippen molar-refractivity contribution in [2.45, 2.75) is 71.3 Å². The molecule has 3 atom stereocenters. The zero-order valence-corrected chi connectivity index (χ0v) is 15.6. The topological polar surface area (TPSA) is 77.9 Å². The largest absolute Gasteiger partial charge is 0.480 e. The van der Waals surface area contributed by atoms with Crippen LogP contribution in [0.3, 0.4) is 0 Å². The Morgan fingerprint density at radius 1 is 1.08 bits per heavy atom. The molecule has 1 aliphatic heterocycles. The van der Waals surface area contributed by atoms with Gasteiger partial charge in [0.05, 0.1) is 0 Å². The summed E-state index contributed by atoms with van der Waals surface area (Å²) in [6, 6.07) is -0.0823. The van der Waals surface area contributed by atoms with E-state index in [-0.39, 0.29) is 24.4 Å². The van der Waals surface area contributed by atoms with Crippen LogP contribution in [0.2, 0.25) is 0 Å². The molecule has 6 heteroatoms. The predicted octanol–water partition coefficient (Wildman–Crippen LogP) is 2.52. The first-order chi connectivity index (χ1) is 11.9. The van der Waals surface area contributed by atoms with Crippen molar-refractivity contribution >= 4 is 17.8 Å². The summed E-state index contributed by atoms with van der Waals surface area (Å²) in [6.45, 7) is 4.77. The smallest absolute Gasteiger partial charge is 0.323 e. The summed E-state index contributed by atoms with van der Waals surface area (Å²) in [4.78, 5) is 38.8. The van der Waals surface area contributed by atoms with E-state index in [1.165, 1.54) is 24.7 Å². The van der Waals surface area contributed by atoms with Crippen LogP contribution in [0.25, 0.3) is 0 Å². The molecule has 25 heavy (non-hydrogen) atoms. The van der Waals surface area contributed by atoms with Gasteiger partial charge in [0.1, 0.15) is 6.54 Å². The fourth-order valence-corrected chi connectivity index (χ4v) is 4.40. The van der Waals surface area contributed by atoms with Gasteiger partial charge in [-0.15, -0.1) is 0 Å². The van der Waals surface area contributed by atoms with Gasteiger partial charge in [-0.3, -0.25) is 14.4 Å². The number of amides is 2. The molecule has 2 rings (SSSR count). The van der Waals surface area contributed by atoms with Gasteiger partial charge in [-0.05, 0) is 43.9 Å². The first-order valence-electron chi connectivity index (χ1n) is 9.63.